The van der Waals surface area contributed by atoms with Crippen LogP contribution >= 0.6 is 0 Å². The predicted octanol–water partition coefficient (Wildman–Crippen LogP) is 2.45. The van der Waals surface area contributed by atoms with Gasteiger partial charge in [-0.05, 0) is 33.0 Å². The molecule has 1 rings (SSSR count). The number of nitrogens with one attached hydrogen (secondary N) is 1. The molecule has 1 heterocycles. The lowest BCUT2D eigenvalue weighted by Crippen LogP contribution is -2.31. The van der Waals surface area contributed by atoms with Gasteiger partial charge < -0.3 is 14.8 Å². The van der Waals surface area contributed by atoms with Crippen LogP contribution in [0, 0.1) is 0 Å². The van der Waals surface area contributed by atoms with Crippen LogP contribution in [0.25, 0.3) is 0 Å². The van der Waals surface area contributed by atoms with Crippen molar-refractivity contribution in [3.8, 4) is 0 Å². The van der Waals surface area contributed by atoms with Crippen molar-refractivity contribution in [2.45, 2.75) is 47.0 Å². The topological polar surface area (TPSA) is 52.2 Å². The molecule has 0 unspecified atom stereocenters. The van der Waals surface area contributed by atoms with E-state index >= 15 is 0 Å². The second kappa shape index (κ2) is 8.82. The minimum Gasteiger partial charge on any atom is -0.357 e. The predicted molar refractivity (Wildman–Crippen MR) is 89.2 cm³/mol. The summed E-state index contributed by atoms with van der Waals surface area (Å²) in [6, 6.07) is 1.60. The van der Waals surface area contributed by atoms with Crippen LogP contribution in [-0.2, 0) is 0 Å². The van der Waals surface area contributed by atoms with Crippen LogP contribution in [-0.4, -0.2) is 47.6 Å². The molecule has 1 N–H and O–H groups in total. The zero-order valence-electron chi connectivity index (χ0n) is 14.1. The Hall–Kier alpha value is -1.36. The quantitative estimate of drug-likeness (QED) is 0.760. The third-order valence-electron chi connectivity index (χ3n) is 3.80. The van der Waals surface area contributed by atoms with Crippen molar-refractivity contribution in [3.63, 3.8) is 0 Å². The van der Waals surface area contributed by atoms with Crippen molar-refractivity contribution in [1.29, 1.82) is 0 Å². The molecule has 0 aliphatic carbocycles. The first kappa shape index (κ1) is 17.7. The summed E-state index contributed by atoms with van der Waals surface area (Å²) < 4.78 is 0. The van der Waals surface area contributed by atoms with Crippen molar-refractivity contribution in [1.82, 2.24) is 14.9 Å². The van der Waals surface area contributed by atoms with E-state index in [2.05, 4.69) is 40.5 Å². The molecule has 120 valence electrons. The van der Waals surface area contributed by atoms with Crippen LogP contribution in [0.5, 0.6) is 0 Å². The largest absolute Gasteiger partial charge is 0.357 e. The summed E-state index contributed by atoms with van der Waals surface area (Å²) in [5.74, 6) is 1.79. The van der Waals surface area contributed by atoms with Gasteiger partial charge in [-0.3, -0.25) is 4.79 Å². The maximum absolute atomic E-state index is 11.8. The summed E-state index contributed by atoms with van der Waals surface area (Å²) in [5, 5.41) is 0. The van der Waals surface area contributed by atoms with Gasteiger partial charge in [0.2, 0.25) is 0 Å². The standard InChI is InChI=1S/C16H30N4O/c1-6-19(7-2)10-9-11-20(8-3)14-12-15(21)18-16(17-14)13(4)5/h12-13H,6-11H2,1-5H3,(H,17,18,21). The molecule has 0 aliphatic heterocycles. The summed E-state index contributed by atoms with van der Waals surface area (Å²) in [6.07, 6.45) is 1.08. The molecule has 0 saturated carbocycles. The second-order valence-electron chi connectivity index (χ2n) is 5.60. The molecule has 0 aliphatic rings. The summed E-state index contributed by atoms with van der Waals surface area (Å²) in [6.45, 7) is 15.6. The molecular weight excluding hydrogens is 264 g/mol. The Bertz CT molecular complexity index is 466. The normalized spacial score (nSPS) is 11.4. The Morgan fingerprint density at radius 3 is 2.33 bits per heavy atom. The van der Waals surface area contributed by atoms with Gasteiger partial charge in [0.1, 0.15) is 11.6 Å². The number of aromatic amines is 1. The maximum Gasteiger partial charge on any atom is 0.252 e. The highest BCUT2D eigenvalue weighted by atomic mass is 16.1. The van der Waals surface area contributed by atoms with Gasteiger partial charge in [0.25, 0.3) is 5.56 Å². The number of aromatic nitrogens is 2. The van der Waals surface area contributed by atoms with Gasteiger partial charge in [0, 0.05) is 25.1 Å². The van der Waals surface area contributed by atoms with Crippen LogP contribution in [0.2, 0.25) is 0 Å². The van der Waals surface area contributed by atoms with Gasteiger partial charge in [0.15, 0.2) is 0 Å². The van der Waals surface area contributed by atoms with Gasteiger partial charge >= 0.3 is 0 Å². The molecule has 0 radical (unpaired) electrons. The number of anilines is 1. The van der Waals surface area contributed by atoms with Crippen LogP contribution in [0.1, 0.15) is 52.8 Å². The highest BCUT2D eigenvalue weighted by molar-refractivity contribution is 5.37. The van der Waals surface area contributed by atoms with E-state index in [1.165, 1.54) is 0 Å². The molecule has 1 aromatic heterocycles. The van der Waals surface area contributed by atoms with E-state index in [1.807, 2.05) is 13.8 Å². The fourth-order valence-corrected chi connectivity index (χ4v) is 2.36. The zero-order valence-corrected chi connectivity index (χ0v) is 14.1. The summed E-state index contributed by atoms with van der Waals surface area (Å²) >= 11 is 0. The van der Waals surface area contributed by atoms with E-state index in [0.29, 0.717) is 0 Å². The minimum absolute atomic E-state index is 0.0640. The average Bonchev–Trinajstić information content (AvgIpc) is 2.47. The van der Waals surface area contributed by atoms with Crippen molar-refractivity contribution >= 4 is 5.82 Å². The fraction of sp³-hybridized carbons (Fsp3) is 0.750. The SMILES string of the molecule is CCN(CC)CCCN(CC)c1cc(=O)[nH]c(C(C)C)n1. The Kier molecular flexibility index (Phi) is 7.43. The molecule has 0 bridgehead atoms. The van der Waals surface area contributed by atoms with Crippen molar-refractivity contribution in [3.05, 3.63) is 22.2 Å². The van der Waals surface area contributed by atoms with Crippen LogP contribution in [0.15, 0.2) is 10.9 Å². The molecule has 0 atom stereocenters. The van der Waals surface area contributed by atoms with E-state index in [1.54, 1.807) is 6.07 Å². The van der Waals surface area contributed by atoms with E-state index in [-0.39, 0.29) is 11.5 Å². The van der Waals surface area contributed by atoms with Gasteiger partial charge in [0.05, 0.1) is 0 Å². The lowest BCUT2D eigenvalue weighted by molar-refractivity contribution is 0.300. The summed E-state index contributed by atoms with van der Waals surface area (Å²) in [5.41, 5.74) is -0.0640. The number of nitrogens with zero attached hydrogens (tertiary/aromatic N) is 3. The highest BCUT2D eigenvalue weighted by Crippen LogP contribution is 2.13. The molecule has 5 nitrogen and oxygen atoms in total. The molecule has 5 heteroatoms. The molecule has 0 saturated heterocycles. The molecule has 21 heavy (non-hydrogen) atoms. The first-order chi connectivity index (χ1) is 10.0. The van der Waals surface area contributed by atoms with Gasteiger partial charge in [-0.15, -0.1) is 0 Å². The minimum atomic E-state index is -0.0640. The van der Waals surface area contributed by atoms with Gasteiger partial charge in [-0.1, -0.05) is 27.7 Å². The monoisotopic (exact) mass is 294 g/mol. The molecule has 1 aromatic rings. The molecule has 0 amide bonds. The third kappa shape index (κ3) is 5.50. The number of rotatable bonds is 9. The van der Waals surface area contributed by atoms with Crippen molar-refractivity contribution in [2.75, 3.05) is 37.6 Å². The van der Waals surface area contributed by atoms with Crippen molar-refractivity contribution < 1.29 is 0 Å². The van der Waals surface area contributed by atoms with E-state index in [4.69, 9.17) is 0 Å². The number of hydrogen-bond donors (Lipinski definition) is 1. The van der Waals surface area contributed by atoms with Crippen LogP contribution in [0.3, 0.4) is 0 Å². The highest BCUT2D eigenvalue weighted by Gasteiger charge is 2.11. The van der Waals surface area contributed by atoms with Crippen molar-refractivity contribution in [2.24, 2.45) is 0 Å². The van der Waals surface area contributed by atoms with E-state index < -0.39 is 0 Å². The van der Waals surface area contributed by atoms with Crippen LogP contribution in [0.4, 0.5) is 5.82 Å². The maximum atomic E-state index is 11.8. The summed E-state index contributed by atoms with van der Waals surface area (Å²) in [7, 11) is 0. The van der Waals surface area contributed by atoms with E-state index in [0.717, 1.165) is 50.8 Å². The molecule has 0 spiro atoms. The molecule has 0 fully saturated rings. The van der Waals surface area contributed by atoms with Gasteiger partial charge in [-0.2, -0.15) is 0 Å². The first-order valence-corrected chi connectivity index (χ1v) is 8.10. The lowest BCUT2D eigenvalue weighted by Gasteiger charge is -2.24. The lowest BCUT2D eigenvalue weighted by atomic mass is 10.2. The van der Waals surface area contributed by atoms with Gasteiger partial charge in [-0.25, -0.2) is 4.98 Å². The number of H-pyrrole nitrogens is 1. The van der Waals surface area contributed by atoms with E-state index in [9.17, 15) is 4.79 Å². The Balaban J connectivity index is 2.74. The molecule has 0 aromatic carbocycles. The van der Waals surface area contributed by atoms with Crippen LogP contribution < -0.4 is 10.5 Å². The fourth-order valence-electron chi connectivity index (χ4n) is 2.36. The Morgan fingerprint density at radius 2 is 1.81 bits per heavy atom. The average molecular weight is 294 g/mol. The zero-order chi connectivity index (χ0) is 15.8. The smallest absolute Gasteiger partial charge is 0.252 e. The third-order valence-corrected chi connectivity index (χ3v) is 3.80. The Labute approximate surface area is 128 Å². The summed E-state index contributed by atoms with van der Waals surface area (Å²) in [4.78, 5) is 23.8. The number of hydrogen-bond acceptors (Lipinski definition) is 4. The second-order valence-corrected chi connectivity index (χ2v) is 5.60. The Morgan fingerprint density at radius 1 is 1.14 bits per heavy atom. The molecular formula is C16H30N4O. The first-order valence-electron chi connectivity index (χ1n) is 8.10.